The number of nitriles is 1. The molecule has 0 aliphatic carbocycles. The third kappa shape index (κ3) is 2.20. The van der Waals surface area contributed by atoms with Crippen molar-refractivity contribution in [1.29, 1.82) is 5.26 Å². The molecule has 1 rings (SSSR count). The number of ether oxygens (including phenoxy) is 1. The zero-order valence-electron chi connectivity index (χ0n) is 8.08. The molecule has 0 aliphatic rings. The fourth-order valence-corrected chi connectivity index (χ4v) is 1.36. The SMILES string of the molecule is COc1cc(C#N)cc(N)c1C(=O)CCl. The van der Waals surface area contributed by atoms with Gasteiger partial charge in [-0.05, 0) is 12.1 Å². The summed E-state index contributed by atoms with van der Waals surface area (Å²) in [4.78, 5) is 11.4. The summed E-state index contributed by atoms with van der Waals surface area (Å²) in [7, 11) is 1.40. The molecule has 15 heavy (non-hydrogen) atoms. The maximum Gasteiger partial charge on any atom is 0.183 e. The topological polar surface area (TPSA) is 76.1 Å². The molecule has 0 heterocycles. The molecule has 0 saturated carbocycles. The Hall–Kier alpha value is -1.73. The summed E-state index contributed by atoms with van der Waals surface area (Å²) < 4.78 is 4.98. The van der Waals surface area contributed by atoms with Gasteiger partial charge in [-0.15, -0.1) is 11.6 Å². The molecule has 1 aromatic rings. The lowest BCUT2D eigenvalue weighted by Crippen LogP contribution is -2.08. The number of nitrogens with zero attached hydrogens (tertiary/aromatic N) is 1. The molecule has 4 nitrogen and oxygen atoms in total. The number of carbonyl (C=O) groups excluding carboxylic acids is 1. The molecular formula is C10H9ClN2O2. The maximum absolute atomic E-state index is 11.4. The van der Waals surface area contributed by atoms with Crippen molar-refractivity contribution < 1.29 is 9.53 Å². The Balaban J connectivity index is 3.39. The zero-order valence-corrected chi connectivity index (χ0v) is 8.84. The summed E-state index contributed by atoms with van der Waals surface area (Å²) >= 11 is 5.44. The number of anilines is 1. The third-order valence-electron chi connectivity index (χ3n) is 1.88. The van der Waals surface area contributed by atoms with Crippen LogP contribution in [0.4, 0.5) is 5.69 Å². The van der Waals surface area contributed by atoms with E-state index in [1.165, 1.54) is 19.2 Å². The summed E-state index contributed by atoms with van der Waals surface area (Å²) in [5.74, 6) is -0.223. The van der Waals surface area contributed by atoms with Gasteiger partial charge in [-0.25, -0.2) is 0 Å². The van der Waals surface area contributed by atoms with Gasteiger partial charge in [0.15, 0.2) is 5.78 Å². The predicted octanol–water partition coefficient (Wildman–Crippen LogP) is 1.57. The molecule has 78 valence electrons. The first kappa shape index (κ1) is 11.3. The van der Waals surface area contributed by atoms with Crippen LogP contribution in [0, 0.1) is 11.3 Å². The van der Waals surface area contributed by atoms with Gasteiger partial charge in [-0.2, -0.15) is 5.26 Å². The van der Waals surface area contributed by atoms with E-state index in [0.717, 1.165) is 0 Å². The summed E-state index contributed by atoms with van der Waals surface area (Å²) in [5.41, 5.74) is 6.42. The number of Topliss-reactive ketones (excluding diaryl/α,β-unsaturated/α-hetero) is 1. The van der Waals surface area contributed by atoms with Crippen LogP contribution in [0.3, 0.4) is 0 Å². The lowest BCUT2D eigenvalue weighted by Gasteiger charge is -2.09. The van der Waals surface area contributed by atoms with Crippen LogP contribution in [0.25, 0.3) is 0 Å². The van der Waals surface area contributed by atoms with E-state index in [1.54, 1.807) is 0 Å². The number of benzene rings is 1. The van der Waals surface area contributed by atoms with E-state index in [2.05, 4.69) is 0 Å². The smallest absolute Gasteiger partial charge is 0.183 e. The number of rotatable bonds is 3. The van der Waals surface area contributed by atoms with Gasteiger partial charge in [0.25, 0.3) is 0 Å². The maximum atomic E-state index is 11.4. The number of nitrogens with two attached hydrogens (primary N) is 1. The van der Waals surface area contributed by atoms with Gasteiger partial charge >= 0.3 is 0 Å². The highest BCUT2D eigenvalue weighted by molar-refractivity contribution is 6.31. The largest absolute Gasteiger partial charge is 0.496 e. The van der Waals surface area contributed by atoms with Crippen LogP contribution >= 0.6 is 11.6 Å². The lowest BCUT2D eigenvalue weighted by atomic mass is 10.1. The van der Waals surface area contributed by atoms with Crippen LogP contribution in [-0.2, 0) is 0 Å². The number of nitrogen functional groups attached to an aromatic ring is 1. The Bertz CT molecular complexity index is 438. The number of methoxy groups -OCH3 is 1. The van der Waals surface area contributed by atoms with Gasteiger partial charge in [0.05, 0.1) is 30.2 Å². The molecule has 0 saturated heterocycles. The molecule has 0 aliphatic heterocycles. The molecule has 5 heteroatoms. The van der Waals surface area contributed by atoms with Crippen molar-refractivity contribution >= 4 is 23.1 Å². The van der Waals surface area contributed by atoms with E-state index in [0.29, 0.717) is 5.56 Å². The normalized spacial score (nSPS) is 9.40. The zero-order chi connectivity index (χ0) is 11.4. The first-order valence-corrected chi connectivity index (χ1v) is 4.64. The Kier molecular flexibility index (Phi) is 3.53. The number of halogens is 1. The number of alkyl halides is 1. The Morgan fingerprint density at radius 2 is 2.33 bits per heavy atom. The Morgan fingerprint density at radius 3 is 2.80 bits per heavy atom. The van der Waals surface area contributed by atoms with Crippen LogP contribution < -0.4 is 10.5 Å². The van der Waals surface area contributed by atoms with Crippen molar-refractivity contribution in [2.45, 2.75) is 0 Å². The minimum absolute atomic E-state index is 0.174. The van der Waals surface area contributed by atoms with Crippen LogP contribution in [0.2, 0.25) is 0 Å². The van der Waals surface area contributed by atoms with Gasteiger partial charge in [0.2, 0.25) is 0 Å². The number of carbonyl (C=O) groups is 1. The number of ketones is 1. The second-order valence-electron chi connectivity index (χ2n) is 2.81. The fourth-order valence-electron chi connectivity index (χ4n) is 1.23. The van der Waals surface area contributed by atoms with Crippen LogP contribution in [0.1, 0.15) is 15.9 Å². The van der Waals surface area contributed by atoms with Gasteiger partial charge in [0.1, 0.15) is 5.75 Å². The summed E-state index contributed by atoms with van der Waals surface area (Å²) in [6, 6.07) is 4.80. The van der Waals surface area contributed by atoms with Gasteiger partial charge in [-0.3, -0.25) is 4.79 Å². The minimum Gasteiger partial charge on any atom is -0.496 e. The van der Waals surface area contributed by atoms with Gasteiger partial charge < -0.3 is 10.5 Å². The Morgan fingerprint density at radius 1 is 1.67 bits per heavy atom. The Labute approximate surface area is 92.2 Å². The monoisotopic (exact) mass is 224 g/mol. The molecule has 0 bridgehead atoms. The predicted molar refractivity (Wildman–Crippen MR) is 57.2 cm³/mol. The molecule has 0 unspecified atom stereocenters. The molecule has 0 aromatic heterocycles. The fraction of sp³-hybridized carbons (Fsp3) is 0.200. The van der Waals surface area contributed by atoms with E-state index in [-0.39, 0.29) is 28.7 Å². The molecule has 0 spiro atoms. The van der Waals surface area contributed by atoms with E-state index >= 15 is 0 Å². The minimum atomic E-state index is -0.324. The molecular weight excluding hydrogens is 216 g/mol. The van der Waals surface area contributed by atoms with E-state index in [9.17, 15) is 4.79 Å². The number of hydrogen-bond acceptors (Lipinski definition) is 4. The van der Waals surface area contributed by atoms with Crippen molar-refractivity contribution in [2.24, 2.45) is 0 Å². The molecule has 2 N–H and O–H groups in total. The standard InChI is InChI=1S/C10H9ClN2O2/c1-15-9-3-6(5-12)2-7(13)10(9)8(14)4-11/h2-3H,4,13H2,1H3. The van der Waals surface area contributed by atoms with Crippen molar-refractivity contribution in [3.05, 3.63) is 23.3 Å². The van der Waals surface area contributed by atoms with Crippen molar-refractivity contribution in [1.82, 2.24) is 0 Å². The first-order valence-electron chi connectivity index (χ1n) is 4.10. The van der Waals surface area contributed by atoms with E-state index < -0.39 is 0 Å². The lowest BCUT2D eigenvalue weighted by molar-refractivity contribution is 0.101. The second kappa shape index (κ2) is 4.67. The van der Waals surface area contributed by atoms with Crippen molar-refractivity contribution in [2.75, 3.05) is 18.7 Å². The summed E-state index contributed by atoms with van der Waals surface area (Å²) in [5, 5.41) is 8.70. The average molecular weight is 225 g/mol. The molecule has 0 radical (unpaired) electrons. The van der Waals surface area contributed by atoms with Gasteiger partial charge in [-0.1, -0.05) is 0 Å². The van der Waals surface area contributed by atoms with Crippen LogP contribution in [0.5, 0.6) is 5.75 Å². The molecule has 0 atom stereocenters. The van der Waals surface area contributed by atoms with E-state index in [4.69, 9.17) is 27.3 Å². The van der Waals surface area contributed by atoms with Gasteiger partial charge in [0, 0.05) is 5.69 Å². The third-order valence-corrected chi connectivity index (χ3v) is 2.12. The highest BCUT2D eigenvalue weighted by Crippen LogP contribution is 2.27. The van der Waals surface area contributed by atoms with Crippen molar-refractivity contribution in [3.63, 3.8) is 0 Å². The highest BCUT2D eigenvalue weighted by Gasteiger charge is 2.16. The van der Waals surface area contributed by atoms with Crippen molar-refractivity contribution in [3.8, 4) is 11.8 Å². The number of hydrogen-bond donors (Lipinski definition) is 1. The quantitative estimate of drug-likeness (QED) is 0.480. The van der Waals surface area contributed by atoms with Crippen LogP contribution in [-0.4, -0.2) is 18.8 Å². The van der Waals surface area contributed by atoms with E-state index in [1.807, 2.05) is 6.07 Å². The molecule has 0 amide bonds. The first-order chi connectivity index (χ1) is 7.13. The summed E-state index contributed by atoms with van der Waals surface area (Å²) in [6.45, 7) is 0. The highest BCUT2D eigenvalue weighted by atomic mass is 35.5. The average Bonchev–Trinajstić information content (AvgIpc) is 2.26. The van der Waals surface area contributed by atoms with Crippen LogP contribution in [0.15, 0.2) is 12.1 Å². The molecule has 1 aromatic carbocycles. The second-order valence-corrected chi connectivity index (χ2v) is 3.08. The summed E-state index contributed by atoms with van der Waals surface area (Å²) in [6.07, 6.45) is 0. The molecule has 0 fully saturated rings.